The van der Waals surface area contributed by atoms with Crippen molar-refractivity contribution < 1.29 is 13.2 Å². The van der Waals surface area contributed by atoms with Crippen molar-refractivity contribution in [2.45, 2.75) is 38.0 Å². The predicted molar refractivity (Wildman–Crippen MR) is 73.5 cm³/mol. The van der Waals surface area contributed by atoms with Crippen molar-refractivity contribution in [3.63, 3.8) is 0 Å². The summed E-state index contributed by atoms with van der Waals surface area (Å²) in [5.41, 5.74) is -0.143. The second-order valence-electron chi connectivity index (χ2n) is 5.38. The van der Waals surface area contributed by atoms with Gasteiger partial charge < -0.3 is 5.32 Å². The van der Waals surface area contributed by atoms with Crippen molar-refractivity contribution >= 4 is 0 Å². The summed E-state index contributed by atoms with van der Waals surface area (Å²) in [5.74, 6) is 0. The van der Waals surface area contributed by atoms with E-state index < -0.39 is 11.7 Å². The first kappa shape index (κ1) is 15.3. The molecule has 2 unspecified atom stereocenters. The highest BCUT2D eigenvalue weighted by Gasteiger charge is 2.35. The molecule has 0 saturated carbocycles. The van der Waals surface area contributed by atoms with Gasteiger partial charge in [0.25, 0.3) is 0 Å². The van der Waals surface area contributed by atoms with Gasteiger partial charge >= 0.3 is 6.18 Å². The van der Waals surface area contributed by atoms with Crippen LogP contribution >= 0.6 is 0 Å². The van der Waals surface area contributed by atoms with Crippen LogP contribution in [-0.4, -0.2) is 31.1 Å². The molecule has 2 rings (SSSR count). The first-order chi connectivity index (χ1) is 9.43. The first-order valence-electron chi connectivity index (χ1n) is 7.01. The van der Waals surface area contributed by atoms with Gasteiger partial charge in [-0.1, -0.05) is 18.2 Å². The molecule has 2 nitrogen and oxygen atoms in total. The summed E-state index contributed by atoms with van der Waals surface area (Å²) >= 11 is 0. The molecule has 0 bridgehead atoms. The minimum Gasteiger partial charge on any atom is -0.316 e. The summed E-state index contributed by atoms with van der Waals surface area (Å²) in [6.07, 6.45) is -2.19. The summed E-state index contributed by atoms with van der Waals surface area (Å²) in [5, 5.41) is 3.22. The lowest BCUT2D eigenvalue weighted by molar-refractivity contribution is -0.138. The van der Waals surface area contributed by atoms with Crippen molar-refractivity contribution in [1.29, 1.82) is 0 Å². The number of likely N-dealkylation sites (N-methyl/N-ethyl adjacent to an activating group) is 1. The molecule has 5 heteroatoms. The maximum absolute atomic E-state index is 13.1. The van der Waals surface area contributed by atoms with Gasteiger partial charge in [-0.2, -0.15) is 13.2 Å². The number of hydrogen-bond donors (Lipinski definition) is 1. The number of benzene rings is 1. The minimum atomic E-state index is -4.29. The summed E-state index contributed by atoms with van der Waals surface area (Å²) in [7, 11) is 1.91. The Morgan fingerprint density at radius 2 is 2.00 bits per heavy atom. The van der Waals surface area contributed by atoms with E-state index in [-0.39, 0.29) is 6.04 Å². The lowest BCUT2D eigenvalue weighted by Gasteiger charge is -2.37. The number of nitrogens with zero attached hydrogens (tertiary/aromatic N) is 1. The second kappa shape index (κ2) is 6.14. The van der Waals surface area contributed by atoms with Crippen molar-refractivity contribution in [3.05, 3.63) is 35.4 Å². The third-order valence-electron chi connectivity index (χ3n) is 4.13. The highest BCUT2D eigenvalue weighted by molar-refractivity contribution is 5.32. The van der Waals surface area contributed by atoms with Crippen LogP contribution in [0.3, 0.4) is 0 Å². The van der Waals surface area contributed by atoms with E-state index >= 15 is 0 Å². The summed E-state index contributed by atoms with van der Waals surface area (Å²) in [4.78, 5) is 2.13. The third-order valence-corrected chi connectivity index (χ3v) is 4.13. The third kappa shape index (κ3) is 3.33. The van der Waals surface area contributed by atoms with E-state index in [4.69, 9.17) is 0 Å². The number of halogens is 3. The molecule has 0 aliphatic carbocycles. The standard InChI is InChI=1S/C15H21F3N2/c1-11(20-9-5-6-12(10-20)19-2)13-7-3-4-8-14(13)15(16,17)18/h3-4,7-8,11-12,19H,5-6,9-10H2,1-2H3. The fraction of sp³-hybridized carbons (Fsp3) is 0.600. The number of rotatable bonds is 3. The zero-order valence-electron chi connectivity index (χ0n) is 11.9. The summed E-state index contributed by atoms with van der Waals surface area (Å²) in [6, 6.07) is 6.04. The molecule has 1 aromatic carbocycles. The van der Waals surface area contributed by atoms with Crippen molar-refractivity contribution in [2.75, 3.05) is 20.1 Å². The van der Waals surface area contributed by atoms with Crippen LogP contribution < -0.4 is 5.32 Å². The van der Waals surface area contributed by atoms with Gasteiger partial charge in [-0.15, -0.1) is 0 Å². The lowest BCUT2D eigenvalue weighted by atomic mass is 9.96. The molecule has 0 aromatic heterocycles. The van der Waals surface area contributed by atoms with E-state index in [9.17, 15) is 13.2 Å². The number of piperidine rings is 1. The normalized spacial score (nSPS) is 22.8. The fourth-order valence-electron chi connectivity index (χ4n) is 2.91. The van der Waals surface area contributed by atoms with Crippen LogP contribution in [0.2, 0.25) is 0 Å². The fourth-order valence-corrected chi connectivity index (χ4v) is 2.91. The molecule has 0 spiro atoms. The van der Waals surface area contributed by atoms with Gasteiger partial charge in [-0.3, -0.25) is 4.90 Å². The lowest BCUT2D eigenvalue weighted by Crippen LogP contribution is -2.45. The molecule has 1 N–H and O–H groups in total. The second-order valence-corrected chi connectivity index (χ2v) is 5.38. The largest absolute Gasteiger partial charge is 0.416 e. The molecule has 0 amide bonds. The molecule has 1 aliphatic rings. The van der Waals surface area contributed by atoms with Gasteiger partial charge in [-0.05, 0) is 45.0 Å². The van der Waals surface area contributed by atoms with Gasteiger partial charge in [0.1, 0.15) is 0 Å². The van der Waals surface area contributed by atoms with Gasteiger partial charge in [0.05, 0.1) is 5.56 Å². The zero-order chi connectivity index (χ0) is 14.8. The van der Waals surface area contributed by atoms with Crippen LogP contribution in [0.25, 0.3) is 0 Å². The number of nitrogens with one attached hydrogen (secondary N) is 1. The van der Waals surface area contributed by atoms with Crippen LogP contribution in [0.1, 0.15) is 36.9 Å². The van der Waals surface area contributed by atoms with Gasteiger partial charge in [0.2, 0.25) is 0 Å². The SMILES string of the molecule is CNC1CCCN(C(C)c2ccccc2C(F)(F)F)C1. The monoisotopic (exact) mass is 286 g/mol. The van der Waals surface area contributed by atoms with Crippen molar-refractivity contribution in [3.8, 4) is 0 Å². The maximum Gasteiger partial charge on any atom is 0.416 e. The number of alkyl halides is 3. The Kier molecular flexibility index (Phi) is 4.70. The highest BCUT2D eigenvalue weighted by Crippen LogP contribution is 2.36. The van der Waals surface area contributed by atoms with E-state index in [1.54, 1.807) is 12.1 Å². The molecular formula is C15H21F3N2. The van der Waals surface area contributed by atoms with Gasteiger partial charge in [0, 0.05) is 18.6 Å². The topological polar surface area (TPSA) is 15.3 Å². The molecule has 1 fully saturated rings. The Hall–Kier alpha value is -1.07. The van der Waals surface area contributed by atoms with E-state index in [1.807, 2.05) is 14.0 Å². The molecule has 1 aliphatic heterocycles. The molecule has 112 valence electrons. The van der Waals surface area contributed by atoms with Crippen molar-refractivity contribution in [2.24, 2.45) is 0 Å². The number of hydrogen-bond acceptors (Lipinski definition) is 2. The Morgan fingerprint density at radius 1 is 1.30 bits per heavy atom. The number of likely N-dealkylation sites (tertiary alicyclic amines) is 1. The molecule has 0 radical (unpaired) electrons. The smallest absolute Gasteiger partial charge is 0.316 e. The van der Waals surface area contributed by atoms with Gasteiger partial charge in [0.15, 0.2) is 0 Å². The Labute approximate surface area is 118 Å². The van der Waals surface area contributed by atoms with Crippen LogP contribution in [0.15, 0.2) is 24.3 Å². The highest BCUT2D eigenvalue weighted by atomic mass is 19.4. The summed E-state index contributed by atoms with van der Waals surface area (Å²) in [6.45, 7) is 3.51. The summed E-state index contributed by atoms with van der Waals surface area (Å²) < 4.78 is 39.3. The molecular weight excluding hydrogens is 265 g/mol. The van der Waals surface area contributed by atoms with E-state index in [2.05, 4.69) is 10.2 Å². The quantitative estimate of drug-likeness (QED) is 0.915. The first-order valence-corrected chi connectivity index (χ1v) is 7.01. The van der Waals surface area contributed by atoms with Crippen LogP contribution in [0.4, 0.5) is 13.2 Å². The van der Waals surface area contributed by atoms with E-state index in [0.717, 1.165) is 25.9 Å². The van der Waals surface area contributed by atoms with Crippen LogP contribution in [-0.2, 0) is 6.18 Å². The van der Waals surface area contributed by atoms with Gasteiger partial charge in [-0.25, -0.2) is 0 Å². The average Bonchev–Trinajstić information content (AvgIpc) is 2.45. The van der Waals surface area contributed by atoms with Crippen LogP contribution in [0, 0.1) is 0 Å². The van der Waals surface area contributed by atoms with E-state index in [0.29, 0.717) is 11.6 Å². The minimum absolute atomic E-state index is 0.219. The van der Waals surface area contributed by atoms with Crippen molar-refractivity contribution in [1.82, 2.24) is 10.2 Å². The Bertz CT molecular complexity index is 445. The molecule has 1 saturated heterocycles. The molecule has 2 atom stereocenters. The molecule has 20 heavy (non-hydrogen) atoms. The van der Waals surface area contributed by atoms with E-state index in [1.165, 1.54) is 12.1 Å². The molecule has 1 heterocycles. The van der Waals surface area contributed by atoms with Crippen LogP contribution in [0.5, 0.6) is 0 Å². The maximum atomic E-state index is 13.1. The molecule has 1 aromatic rings. The zero-order valence-corrected chi connectivity index (χ0v) is 11.9. The average molecular weight is 286 g/mol. The Balaban J connectivity index is 2.23. The Morgan fingerprint density at radius 3 is 2.65 bits per heavy atom. The predicted octanol–water partition coefficient (Wildman–Crippen LogP) is 3.45.